The van der Waals surface area contributed by atoms with Crippen LogP contribution >= 0.6 is 11.8 Å². The van der Waals surface area contributed by atoms with Gasteiger partial charge in [0.15, 0.2) is 0 Å². The van der Waals surface area contributed by atoms with E-state index in [4.69, 9.17) is 4.74 Å². The molecule has 3 saturated heterocycles. The second-order valence-corrected chi connectivity index (χ2v) is 6.68. The number of aliphatic hydroxyl groups is 1. The summed E-state index contributed by atoms with van der Waals surface area (Å²) in [6, 6.07) is 10.2. The molecule has 104 valence electrons. The Morgan fingerprint density at radius 3 is 2.53 bits per heavy atom. The second kappa shape index (κ2) is 5.44. The highest BCUT2D eigenvalue weighted by Gasteiger charge is 2.51. The molecule has 2 unspecified atom stereocenters. The van der Waals surface area contributed by atoms with Crippen molar-refractivity contribution in [3.05, 3.63) is 30.3 Å². The van der Waals surface area contributed by atoms with Crippen molar-refractivity contribution in [2.45, 2.75) is 28.8 Å². The van der Waals surface area contributed by atoms with Gasteiger partial charge < -0.3 is 14.7 Å². The van der Waals surface area contributed by atoms with Gasteiger partial charge in [0.05, 0.1) is 0 Å². The van der Waals surface area contributed by atoms with Gasteiger partial charge in [-0.15, -0.1) is 0 Å². The lowest BCUT2D eigenvalue weighted by Crippen LogP contribution is -2.63. The highest BCUT2D eigenvalue weighted by atomic mass is 32.2. The van der Waals surface area contributed by atoms with E-state index >= 15 is 0 Å². The van der Waals surface area contributed by atoms with E-state index in [-0.39, 0.29) is 5.44 Å². The molecule has 0 amide bonds. The molecule has 0 aliphatic carbocycles. The summed E-state index contributed by atoms with van der Waals surface area (Å²) in [7, 11) is 1.70. The molecule has 0 radical (unpaired) electrons. The first-order valence-electron chi connectivity index (χ1n) is 6.91. The Labute approximate surface area is 118 Å². The van der Waals surface area contributed by atoms with Crippen LogP contribution in [0.5, 0.6) is 0 Å². The zero-order chi connectivity index (χ0) is 13.3. The predicted octanol–water partition coefficient (Wildman–Crippen LogP) is 2.21. The van der Waals surface area contributed by atoms with Crippen LogP contribution < -0.4 is 0 Å². The van der Waals surface area contributed by atoms with Crippen LogP contribution in [0.15, 0.2) is 35.2 Å². The van der Waals surface area contributed by atoms with Crippen LogP contribution in [0.25, 0.3) is 0 Å². The molecule has 0 saturated carbocycles. The van der Waals surface area contributed by atoms with Crippen LogP contribution in [0.4, 0.5) is 0 Å². The van der Waals surface area contributed by atoms with Crippen molar-refractivity contribution in [3.63, 3.8) is 0 Å². The van der Waals surface area contributed by atoms with E-state index in [1.54, 1.807) is 18.9 Å². The minimum atomic E-state index is -0.717. The monoisotopic (exact) mass is 279 g/mol. The number of thioether (sulfide) groups is 1. The van der Waals surface area contributed by atoms with Crippen LogP contribution in [-0.4, -0.2) is 47.8 Å². The summed E-state index contributed by atoms with van der Waals surface area (Å²) in [5.41, 5.74) is -0.908. The fourth-order valence-corrected chi connectivity index (χ4v) is 4.45. The number of methoxy groups -OCH3 is 1. The second-order valence-electron chi connectivity index (χ2n) is 5.54. The first-order chi connectivity index (χ1) is 9.22. The van der Waals surface area contributed by atoms with Crippen molar-refractivity contribution >= 4 is 11.8 Å². The molecule has 3 fully saturated rings. The van der Waals surface area contributed by atoms with Gasteiger partial charge in [-0.2, -0.15) is 0 Å². The largest absolute Gasteiger partial charge is 0.385 e. The van der Waals surface area contributed by atoms with Gasteiger partial charge >= 0.3 is 0 Å². The van der Waals surface area contributed by atoms with Crippen molar-refractivity contribution in [2.75, 3.05) is 26.7 Å². The average molecular weight is 279 g/mol. The van der Waals surface area contributed by atoms with Crippen molar-refractivity contribution < 1.29 is 9.84 Å². The molecule has 19 heavy (non-hydrogen) atoms. The van der Waals surface area contributed by atoms with Gasteiger partial charge in [-0.3, -0.25) is 0 Å². The Balaban J connectivity index is 1.78. The molecule has 2 bridgehead atoms. The number of piperidine rings is 3. The maximum atomic E-state index is 11.1. The normalized spacial score (nSPS) is 35.3. The van der Waals surface area contributed by atoms with E-state index in [0.717, 1.165) is 37.4 Å². The molecule has 3 heterocycles. The SMILES string of the molecule is COC(Sc1ccccc1)C1(O)CN2CCC1CC2. The molecular weight excluding hydrogens is 258 g/mol. The van der Waals surface area contributed by atoms with Crippen LogP contribution in [0, 0.1) is 5.92 Å². The fourth-order valence-electron chi connectivity index (χ4n) is 3.32. The van der Waals surface area contributed by atoms with Gasteiger partial charge in [-0.1, -0.05) is 30.0 Å². The third-order valence-corrected chi connectivity index (χ3v) is 5.74. The number of hydrogen-bond donors (Lipinski definition) is 1. The van der Waals surface area contributed by atoms with Crippen molar-refractivity contribution in [1.82, 2.24) is 4.90 Å². The van der Waals surface area contributed by atoms with Crippen molar-refractivity contribution in [3.8, 4) is 0 Å². The number of hydrogen-bond acceptors (Lipinski definition) is 4. The standard InChI is InChI=1S/C15H21NO2S/c1-18-14(19-13-5-3-2-4-6-13)15(17)11-16-9-7-12(15)8-10-16/h2-6,12,14,17H,7-11H2,1H3. The first-order valence-corrected chi connectivity index (χ1v) is 7.79. The molecule has 2 atom stereocenters. The van der Waals surface area contributed by atoms with Crippen LogP contribution in [-0.2, 0) is 4.74 Å². The zero-order valence-electron chi connectivity index (χ0n) is 11.3. The van der Waals surface area contributed by atoms with Gasteiger partial charge in [0.1, 0.15) is 11.0 Å². The first kappa shape index (κ1) is 13.4. The van der Waals surface area contributed by atoms with E-state index in [2.05, 4.69) is 17.0 Å². The minimum Gasteiger partial charge on any atom is -0.385 e. The van der Waals surface area contributed by atoms with Gasteiger partial charge in [-0.05, 0) is 44.0 Å². The third kappa shape index (κ3) is 2.55. The lowest BCUT2D eigenvalue weighted by molar-refractivity contribution is -0.154. The fraction of sp³-hybridized carbons (Fsp3) is 0.600. The summed E-state index contributed by atoms with van der Waals surface area (Å²) in [6.45, 7) is 2.99. The number of fused-ring (bicyclic) bond motifs is 3. The Morgan fingerprint density at radius 2 is 2.00 bits per heavy atom. The minimum absolute atomic E-state index is 0.192. The van der Waals surface area contributed by atoms with Gasteiger partial charge in [0.2, 0.25) is 0 Å². The number of ether oxygens (including phenoxy) is 1. The lowest BCUT2D eigenvalue weighted by atomic mass is 9.75. The molecule has 0 aromatic heterocycles. The molecule has 3 aliphatic heterocycles. The summed E-state index contributed by atoms with van der Waals surface area (Å²) >= 11 is 1.63. The molecular formula is C15H21NO2S. The van der Waals surface area contributed by atoms with Gasteiger partial charge in [-0.25, -0.2) is 0 Å². The van der Waals surface area contributed by atoms with E-state index < -0.39 is 5.60 Å². The summed E-state index contributed by atoms with van der Waals surface area (Å²) in [5.74, 6) is 0.374. The highest BCUT2D eigenvalue weighted by Crippen LogP contribution is 2.43. The predicted molar refractivity (Wildman–Crippen MR) is 77.2 cm³/mol. The Kier molecular flexibility index (Phi) is 3.85. The lowest BCUT2D eigenvalue weighted by Gasteiger charge is -2.52. The molecule has 4 heteroatoms. The molecule has 3 nitrogen and oxygen atoms in total. The zero-order valence-corrected chi connectivity index (χ0v) is 12.1. The maximum Gasteiger partial charge on any atom is 0.137 e. The number of rotatable bonds is 4. The van der Waals surface area contributed by atoms with E-state index in [1.165, 1.54) is 0 Å². The van der Waals surface area contributed by atoms with Gasteiger partial charge in [0.25, 0.3) is 0 Å². The van der Waals surface area contributed by atoms with E-state index in [1.807, 2.05) is 18.2 Å². The Bertz CT molecular complexity index is 419. The quantitative estimate of drug-likeness (QED) is 0.676. The number of benzene rings is 1. The van der Waals surface area contributed by atoms with Gasteiger partial charge in [0, 0.05) is 18.6 Å². The molecule has 0 spiro atoms. The summed E-state index contributed by atoms with van der Waals surface area (Å²) in [6.07, 6.45) is 2.18. The molecule has 1 N–H and O–H groups in total. The van der Waals surface area contributed by atoms with Crippen LogP contribution in [0.1, 0.15) is 12.8 Å². The highest BCUT2D eigenvalue weighted by molar-refractivity contribution is 7.99. The topological polar surface area (TPSA) is 32.7 Å². The maximum absolute atomic E-state index is 11.1. The van der Waals surface area contributed by atoms with E-state index in [0.29, 0.717) is 5.92 Å². The molecule has 1 aromatic carbocycles. The van der Waals surface area contributed by atoms with E-state index in [9.17, 15) is 5.11 Å². The summed E-state index contributed by atoms with van der Waals surface area (Å²) < 4.78 is 5.64. The van der Waals surface area contributed by atoms with Crippen molar-refractivity contribution in [1.29, 1.82) is 0 Å². The third-order valence-electron chi connectivity index (χ3n) is 4.38. The summed E-state index contributed by atoms with van der Waals surface area (Å²) in [4.78, 5) is 3.51. The molecule has 4 rings (SSSR count). The van der Waals surface area contributed by atoms with Crippen molar-refractivity contribution in [2.24, 2.45) is 5.92 Å². The average Bonchev–Trinajstić information content (AvgIpc) is 2.46. The van der Waals surface area contributed by atoms with Crippen LogP contribution in [0.3, 0.4) is 0 Å². The Hall–Kier alpha value is -0.550. The van der Waals surface area contributed by atoms with Crippen LogP contribution in [0.2, 0.25) is 0 Å². The number of nitrogens with zero attached hydrogens (tertiary/aromatic N) is 1. The summed E-state index contributed by atoms with van der Waals surface area (Å²) in [5, 5.41) is 11.1. The smallest absolute Gasteiger partial charge is 0.137 e. The molecule has 3 aliphatic rings. The molecule has 1 aromatic rings. The Morgan fingerprint density at radius 1 is 1.32 bits per heavy atom.